The Bertz CT molecular complexity index is 766. The number of halogens is 3. The van der Waals surface area contributed by atoms with Crippen molar-refractivity contribution in [3.63, 3.8) is 0 Å². The summed E-state index contributed by atoms with van der Waals surface area (Å²) >= 11 is 15.0. The Morgan fingerprint density at radius 1 is 1.15 bits per heavy atom. The molecule has 0 radical (unpaired) electrons. The van der Waals surface area contributed by atoms with Crippen molar-refractivity contribution < 1.29 is 8.42 Å². The van der Waals surface area contributed by atoms with Crippen molar-refractivity contribution in [3.8, 4) is 0 Å². The van der Waals surface area contributed by atoms with Crippen molar-refractivity contribution in [1.82, 2.24) is 0 Å². The minimum absolute atomic E-state index is 0.0390. The molecule has 2 aromatic rings. The summed E-state index contributed by atoms with van der Waals surface area (Å²) in [6.07, 6.45) is 0. The highest BCUT2D eigenvalue weighted by molar-refractivity contribution is 9.10. The summed E-state index contributed by atoms with van der Waals surface area (Å²) in [6, 6.07) is 9.24. The van der Waals surface area contributed by atoms with Gasteiger partial charge < -0.3 is 5.73 Å². The van der Waals surface area contributed by atoms with E-state index < -0.39 is 10.0 Å². The van der Waals surface area contributed by atoms with Crippen molar-refractivity contribution >= 4 is 60.5 Å². The van der Waals surface area contributed by atoms with Gasteiger partial charge in [0.2, 0.25) is 0 Å². The number of sulfonamides is 1. The molecule has 0 spiro atoms. The highest BCUT2D eigenvalue weighted by atomic mass is 79.9. The lowest BCUT2D eigenvalue weighted by molar-refractivity contribution is 0.601. The van der Waals surface area contributed by atoms with Crippen LogP contribution >= 0.6 is 39.1 Å². The van der Waals surface area contributed by atoms with Crippen LogP contribution in [-0.2, 0) is 10.0 Å². The van der Waals surface area contributed by atoms with Crippen LogP contribution in [0.4, 0.5) is 11.4 Å². The van der Waals surface area contributed by atoms with Crippen molar-refractivity contribution in [3.05, 3.63) is 50.9 Å². The van der Waals surface area contributed by atoms with E-state index >= 15 is 0 Å². The molecule has 0 aliphatic heterocycles. The quantitative estimate of drug-likeness (QED) is 0.767. The molecule has 0 amide bonds. The minimum atomic E-state index is -3.85. The summed E-state index contributed by atoms with van der Waals surface area (Å²) in [4.78, 5) is -0.0390. The van der Waals surface area contributed by atoms with Gasteiger partial charge in [0, 0.05) is 4.47 Å². The molecule has 4 nitrogen and oxygen atoms in total. The van der Waals surface area contributed by atoms with Crippen LogP contribution in [0, 0.1) is 0 Å². The first-order valence-corrected chi connectivity index (χ1v) is 8.36. The number of nitrogens with two attached hydrogens (primary N) is 1. The first-order chi connectivity index (χ1) is 9.31. The largest absolute Gasteiger partial charge is 0.398 e. The maximum absolute atomic E-state index is 12.3. The molecule has 2 aromatic carbocycles. The van der Waals surface area contributed by atoms with E-state index in [0.717, 1.165) is 0 Å². The van der Waals surface area contributed by atoms with E-state index in [1.165, 1.54) is 18.2 Å². The summed E-state index contributed by atoms with van der Waals surface area (Å²) in [5.74, 6) is 0. The van der Waals surface area contributed by atoms with Gasteiger partial charge in [0.05, 0.1) is 21.4 Å². The molecule has 0 unspecified atom stereocenters. The van der Waals surface area contributed by atoms with E-state index in [0.29, 0.717) is 4.47 Å². The van der Waals surface area contributed by atoms with Gasteiger partial charge in [-0.1, -0.05) is 45.2 Å². The fraction of sp³-hybridized carbons (Fsp3) is 0. The van der Waals surface area contributed by atoms with E-state index in [9.17, 15) is 8.42 Å². The number of nitrogen functional groups attached to an aromatic ring is 1. The molecule has 20 heavy (non-hydrogen) atoms. The van der Waals surface area contributed by atoms with E-state index in [-0.39, 0.29) is 26.3 Å². The lowest BCUT2D eigenvalue weighted by Gasteiger charge is -2.12. The van der Waals surface area contributed by atoms with Gasteiger partial charge in [0.1, 0.15) is 4.90 Å². The van der Waals surface area contributed by atoms with Crippen molar-refractivity contribution in [2.45, 2.75) is 4.90 Å². The fourth-order valence-corrected chi connectivity index (χ4v) is 3.67. The summed E-state index contributed by atoms with van der Waals surface area (Å²) in [5, 5.41) is 0.389. The van der Waals surface area contributed by atoms with Gasteiger partial charge in [-0.05, 0) is 30.3 Å². The zero-order valence-electron chi connectivity index (χ0n) is 9.90. The van der Waals surface area contributed by atoms with Gasteiger partial charge in [-0.15, -0.1) is 0 Å². The average Bonchev–Trinajstić information content (AvgIpc) is 2.37. The molecule has 0 heterocycles. The van der Waals surface area contributed by atoms with Gasteiger partial charge in [-0.2, -0.15) is 0 Å². The standard InChI is InChI=1S/C12H9BrCl2N2O2S/c13-7-4-5-9(16)11(6-7)20(18,19)17-10-3-1-2-8(14)12(10)15/h1-6,17H,16H2. The van der Waals surface area contributed by atoms with Gasteiger partial charge in [-0.3, -0.25) is 4.72 Å². The molecule has 0 aliphatic carbocycles. The number of anilines is 2. The lowest BCUT2D eigenvalue weighted by Crippen LogP contribution is -2.15. The third kappa shape index (κ3) is 3.20. The molecule has 3 N–H and O–H groups in total. The third-order valence-corrected chi connectivity index (χ3v) is 5.19. The van der Waals surface area contributed by atoms with Gasteiger partial charge in [0.15, 0.2) is 0 Å². The molecule has 0 aromatic heterocycles. The van der Waals surface area contributed by atoms with Crippen molar-refractivity contribution in [2.75, 3.05) is 10.5 Å². The van der Waals surface area contributed by atoms with Crippen LogP contribution in [0.15, 0.2) is 45.8 Å². The number of hydrogen-bond donors (Lipinski definition) is 2. The van der Waals surface area contributed by atoms with Crippen LogP contribution in [-0.4, -0.2) is 8.42 Å². The van der Waals surface area contributed by atoms with Crippen molar-refractivity contribution in [1.29, 1.82) is 0 Å². The first-order valence-electron chi connectivity index (χ1n) is 5.33. The van der Waals surface area contributed by atoms with Gasteiger partial charge in [0.25, 0.3) is 10.0 Å². The summed E-state index contributed by atoms with van der Waals surface area (Å²) in [6.45, 7) is 0. The predicted octanol–water partition coefficient (Wildman–Crippen LogP) is 4.14. The molecular formula is C12H9BrCl2N2O2S. The average molecular weight is 396 g/mol. The number of rotatable bonds is 3. The Hall–Kier alpha value is -0.950. The third-order valence-electron chi connectivity index (χ3n) is 2.46. The molecule has 106 valence electrons. The second-order valence-electron chi connectivity index (χ2n) is 3.89. The predicted molar refractivity (Wildman–Crippen MR) is 85.8 cm³/mol. The summed E-state index contributed by atoms with van der Waals surface area (Å²) in [7, 11) is -3.85. The fourth-order valence-electron chi connectivity index (χ4n) is 1.52. The smallest absolute Gasteiger partial charge is 0.264 e. The number of hydrogen-bond acceptors (Lipinski definition) is 3. The highest BCUT2D eigenvalue weighted by Gasteiger charge is 2.19. The first kappa shape index (κ1) is 15.4. The second kappa shape index (κ2) is 5.81. The SMILES string of the molecule is Nc1ccc(Br)cc1S(=O)(=O)Nc1cccc(Cl)c1Cl. The second-order valence-corrected chi connectivity index (χ2v) is 7.24. The zero-order chi connectivity index (χ0) is 14.9. The van der Waals surface area contributed by atoms with E-state index in [1.54, 1.807) is 18.2 Å². The Kier molecular flexibility index (Phi) is 4.49. The summed E-state index contributed by atoms with van der Waals surface area (Å²) < 4.78 is 27.6. The highest BCUT2D eigenvalue weighted by Crippen LogP contribution is 2.32. The summed E-state index contributed by atoms with van der Waals surface area (Å²) in [5.41, 5.74) is 6.03. The Balaban J connectivity index is 2.46. The normalized spacial score (nSPS) is 11.3. The van der Waals surface area contributed by atoms with Gasteiger partial charge in [-0.25, -0.2) is 8.42 Å². The molecular weight excluding hydrogens is 387 g/mol. The maximum Gasteiger partial charge on any atom is 0.264 e. The molecule has 0 saturated heterocycles. The Morgan fingerprint density at radius 2 is 1.85 bits per heavy atom. The molecule has 2 rings (SSSR count). The zero-order valence-corrected chi connectivity index (χ0v) is 13.8. The maximum atomic E-state index is 12.3. The van der Waals surface area contributed by atoms with Crippen LogP contribution in [0.2, 0.25) is 10.0 Å². The van der Waals surface area contributed by atoms with Crippen LogP contribution in [0.5, 0.6) is 0 Å². The van der Waals surface area contributed by atoms with E-state index in [2.05, 4.69) is 20.7 Å². The molecule has 0 aliphatic rings. The van der Waals surface area contributed by atoms with Crippen LogP contribution < -0.4 is 10.5 Å². The monoisotopic (exact) mass is 394 g/mol. The van der Waals surface area contributed by atoms with E-state index in [4.69, 9.17) is 28.9 Å². The topological polar surface area (TPSA) is 72.2 Å². The van der Waals surface area contributed by atoms with Crippen LogP contribution in [0.25, 0.3) is 0 Å². The Morgan fingerprint density at radius 3 is 2.55 bits per heavy atom. The molecule has 0 atom stereocenters. The van der Waals surface area contributed by atoms with E-state index in [1.807, 2.05) is 0 Å². The molecule has 0 fully saturated rings. The Labute approximate surface area is 135 Å². The molecule has 0 saturated carbocycles. The van der Waals surface area contributed by atoms with Crippen LogP contribution in [0.1, 0.15) is 0 Å². The lowest BCUT2D eigenvalue weighted by atomic mass is 10.3. The minimum Gasteiger partial charge on any atom is -0.398 e. The molecule has 0 bridgehead atoms. The number of nitrogens with one attached hydrogen (secondary N) is 1. The number of benzene rings is 2. The van der Waals surface area contributed by atoms with Crippen molar-refractivity contribution in [2.24, 2.45) is 0 Å². The van der Waals surface area contributed by atoms with Gasteiger partial charge >= 0.3 is 0 Å². The van der Waals surface area contributed by atoms with Crippen LogP contribution in [0.3, 0.4) is 0 Å². The molecule has 8 heteroatoms.